The van der Waals surface area contributed by atoms with Gasteiger partial charge in [0, 0.05) is 23.0 Å². The van der Waals surface area contributed by atoms with Crippen molar-refractivity contribution in [2.75, 3.05) is 13.1 Å². The van der Waals surface area contributed by atoms with E-state index in [4.69, 9.17) is 4.52 Å². The van der Waals surface area contributed by atoms with Gasteiger partial charge in [0.1, 0.15) is 0 Å². The van der Waals surface area contributed by atoms with Crippen molar-refractivity contribution < 1.29 is 9.32 Å². The maximum Gasteiger partial charge on any atom is 0.251 e. The van der Waals surface area contributed by atoms with Crippen molar-refractivity contribution in [1.82, 2.24) is 20.8 Å². The lowest BCUT2D eigenvalue weighted by Gasteiger charge is -2.23. The van der Waals surface area contributed by atoms with Crippen LogP contribution in [0.15, 0.2) is 33.7 Å². The van der Waals surface area contributed by atoms with Crippen LogP contribution in [0.2, 0.25) is 0 Å². The topological polar surface area (TPSA) is 80.0 Å². The quantitative estimate of drug-likeness (QED) is 0.789. The standard InChI is InChI=1S/C16H20N4O2S.ClH/c1-11-18-15(22-20-11)10-23-14-6-4-12(5-7-14)16(21)19-13-3-2-8-17-9-13;/h4-7,13,17H,2-3,8-10H2,1H3,(H,19,21);1H/t13-;/m0./s1. The van der Waals surface area contributed by atoms with E-state index in [-0.39, 0.29) is 24.4 Å². The predicted octanol–water partition coefficient (Wildman–Crippen LogP) is 2.57. The Bertz CT molecular complexity index is 656. The average molecular weight is 369 g/mol. The van der Waals surface area contributed by atoms with Gasteiger partial charge in [0.15, 0.2) is 5.82 Å². The molecule has 24 heavy (non-hydrogen) atoms. The van der Waals surface area contributed by atoms with Crippen molar-refractivity contribution in [3.8, 4) is 0 Å². The number of amides is 1. The maximum atomic E-state index is 12.2. The van der Waals surface area contributed by atoms with Gasteiger partial charge in [-0.1, -0.05) is 5.16 Å². The molecule has 1 saturated heterocycles. The first-order chi connectivity index (χ1) is 11.2. The minimum absolute atomic E-state index is 0. The lowest BCUT2D eigenvalue weighted by Crippen LogP contribution is -2.45. The fraction of sp³-hybridized carbons (Fsp3) is 0.438. The van der Waals surface area contributed by atoms with Crippen molar-refractivity contribution >= 4 is 30.1 Å². The number of piperidine rings is 1. The van der Waals surface area contributed by atoms with Crippen LogP contribution < -0.4 is 10.6 Å². The molecular weight excluding hydrogens is 348 g/mol. The number of thioether (sulfide) groups is 1. The first-order valence-electron chi connectivity index (χ1n) is 7.74. The monoisotopic (exact) mass is 368 g/mol. The van der Waals surface area contributed by atoms with Gasteiger partial charge in [-0.05, 0) is 50.6 Å². The lowest BCUT2D eigenvalue weighted by atomic mass is 10.1. The fourth-order valence-electron chi connectivity index (χ4n) is 2.49. The summed E-state index contributed by atoms with van der Waals surface area (Å²) in [6.45, 7) is 3.69. The molecule has 1 aromatic carbocycles. The third-order valence-corrected chi connectivity index (χ3v) is 4.68. The molecule has 1 atom stereocenters. The summed E-state index contributed by atoms with van der Waals surface area (Å²) in [5.74, 6) is 1.87. The first kappa shape index (κ1) is 18.8. The number of aryl methyl sites for hydroxylation is 1. The number of hydrogen-bond donors (Lipinski definition) is 2. The summed E-state index contributed by atoms with van der Waals surface area (Å²) in [4.78, 5) is 17.5. The number of nitrogens with zero attached hydrogens (tertiary/aromatic N) is 2. The van der Waals surface area contributed by atoms with E-state index in [0.29, 0.717) is 23.0 Å². The van der Waals surface area contributed by atoms with E-state index in [1.165, 1.54) is 0 Å². The second kappa shape index (κ2) is 9.05. The molecule has 0 bridgehead atoms. The molecule has 0 saturated carbocycles. The van der Waals surface area contributed by atoms with Crippen LogP contribution in [0, 0.1) is 6.92 Å². The number of hydrogen-bond acceptors (Lipinski definition) is 6. The van der Waals surface area contributed by atoms with Crippen molar-refractivity contribution in [2.24, 2.45) is 0 Å². The Hall–Kier alpha value is -1.57. The van der Waals surface area contributed by atoms with Gasteiger partial charge in [0.25, 0.3) is 5.91 Å². The first-order valence-corrected chi connectivity index (χ1v) is 8.73. The molecule has 1 aliphatic heterocycles. The number of halogens is 1. The molecule has 0 spiro atoms. The zero-order chi connectivity index (χ0) is 16.1. The van der Waals surface area contributed by atoms with Crippen molar-refractivity contribution in [1.29, 1.82) is 0 Å². The molecule has 0 unspecified atom stereocenters. The van der Waals surface area contributed by atoms with Crippen molar-refractivity contribution in [2.45, 2.75) is 36.5 Å². The van der Waals surface area contributed by atoms with Gasteiger partial charge in [-0.15, -0.1) is 24.2 Å². The Balaban J connectivity index is 0.00000208. The number of benzene rings is 1. The number of carbonyl (C=O) groups excluding carboxylic acids is 1. The van der Waals surface area contributed by atoms with Crippen molar-refractivity contribution in [3.05, 3.63) is 41.5 Å². The molecule has 1 aliphatic rings. The SMILES string of the molecule is Cc1noc(CSc2ccc(C(=O)N[C@H]3CCCNC3)cc2)n1.Cl. The lowest BCUT2D eigenvalue weighted by molar-refractivity contribution is 0.0930. The summed E-state index contributed by atoms with van der Waals surface area (Å²) in [6.07, 6.45) is 2.14. The average Bonchev–Trinajstić information content (AvgIpc) is 3.00. The van der Waals surface area contributed by atoms with E-state index in [0.717, 1.165) is 30.8 Å². The zero-order valence-corrected chi connectivity index (χ0v) is 15.1. The van der Waals surface area contributed by atoms with Crippen LogP contribution in [0.25, 0.3) is 0 Å². The molecule has 0 radical (unpaired) electrons. The van der Waals surface area contributed by atoms with Gasteiger partial charge in [-0.3, -0.25) is 4.79 Å². The van der Waals surface area contributed by atoms with Crippen LogP contribution in [0.3, 0.4) is 0 Å². The fourth-order valence-corrected chi connectivity index (χ4v) is 3.23. The predicted molar refractivity (Wildman–Crippen MR) is 95.6 cm³/mol. The zero-order valence-electron chi connectivity index (χ0n) is 13.4. The van der Waals surface area contributed by atoms with E-state index in [9.17, 15) is 4.79 Å². The number of rotatable bonds is 5. The Morgan fingerprint density at radius 1 is 1.42 bits per heavy atom. The van der Waals surface area contributed by atoms with Crippen molar-refractivity contribution in [3.63, 3.8) is 0 Å². The normalized spacial score (nSPS) is 17.1. The maximum absolute atomic E-state index is 12.2. The summed E-state index contributed by atoms with van der Waals surface area (Å²) in [7, 11) is 0. The highest BCUT2D eigenvalue weighted by Gasteiger charge is 2.16. The molecule has 2 heterocycles. The molecule has 1 fully saturated rings. The highest BCUT2D eigenvalue weighted by Crippen LogP contribution is 2.22. The van der Waals surface area contributed by atoms with E-state index < -0.39 is 0 Å². The Morgan fingerprint density at radius 3 is 2.83 bits per heavy atom. The second-order valence-electron chi connectivity index (χ2n) is 5.57. The minimum atomic E-state index is -0.0113. The Kier molecular flexibility index (Phi) is 7.08. The summed E-state index contributed by atoms with van der Waals surface area (Å²) in [5, 5.41) is 10.1. The summed E-state index contributed by atoms with van der Waals surface area (Å²) in [6, 6.07) is 7.83. The Labute approximate surface area is 151 Å². The molecule has 2 N–H and O–H groups in total. The van der Waals surface area contributed by atoms with Gasteiger partial charge < -0.3 is 15.2 Å². The van der Waals surface area contributed by atoms with Crippen LogP contribution in [0.1, 0.15) is 34.9 Å². The Morgan fingerprint density at radius 2 is 2.21 bits per heavy atom. The van der Waals surface area contributed by atoms with E-state index >= 15 is 0 Å². The van der Waals surface area contributed by atoms with Crippen LogP contribution in [0.5, 0.6) is 0 Å². The highest BCUT2D eigenvalue weighted by atomic mass is 35.5. The van der Waals surface area contributed by atoms with Gasteiger partial charge in [-0.2, -0.15) is 4.98 Å². The molecule has 8 heteroatoms. The van der Waals surface area contributed by atoms with Gasteiger partial charge >= 0.3 is 0 Å². The third kappa shape index (κ3) is 5.22. The van der Waals surface area contributed by atoms with E-state index in [1.54, 1.807) is 18.7 Å². The number of aromatic nitrogens is 2. The second-order valence-corrected chi connectivity index (χ2v) is 6.61. The number of carbonyl (C=O) groups is 1. The third-order valence-electron chi connectivity index (χ3n) is 3.68. The molecule has 0 aliphatic carbocycles. The summed E-state index contributed by atoms with van der Waals surface area (Å²) >= 11 is 1.60. The largest absolute Gasteiger partial charge is 0.348 e. The molecule has 1 aromatic heterocycles. The van der Waals surface area contributed by atoms with Gasteiger partial charge in [-0.25, -0.2) is 0 Å². The molecule has 1 amide bonds. The van der Waals surface area contributed by atoms with Crippen LogP contribution >= 0.6 is 24.2 Å². The van der Waals surface area contributed by atoms with E-state index in [2.05, 4.69) is 20.8 Å². The van der Waals surface area contributed by atoms with Gasteiger partial charge in [0.05, 0.1) is 5.75 Å². The molecule has 2 aromatic rings. The minimum Gasteiger partial charge on any atom is -0.348 e. The molecule has 3 rings (SSSR count). The smallest absolute Gasteiger partial charge is 0.251 e. The summed E-state index contributed by atoms with van der Waals surface area (Å²) in [5.41, 5.74) is 0.688. The van der Waals surface area contributed by atoms with Crippen LogP contribution in [0.4, 0.5) is 0 Å². The summed E-state index contributed by atoms with van der Waals surface area (Å²) < 4.78 is 5.08. The van der Waals surface area contributed by atoms with Crippen LogP contribution in [-0.4, -0.2) is 35.2 Å². The van der Waals surface area contributed by atoms with Crippen LogP contribution in [-0.2, 0) is 5.75 Å². The number of nitrogens with one attached hydrogen (secondary N) is 2. The molecular formula is C16H21ClN4O2S. The van der Waals surface area contributed by atoms with Gasteiger partial charge in [0.2, 0.25) is 5.89 Å². The highest BCUT2D eigenvalue weighted by molar-refractivity contribution is 7.98. The molecule has 130 valence electrons. The molecule has 6 nitrogen and oxygen atoms in total. The van der Waals surface area contributed by atoms with E-state index in [1.807, 2.05) is 24.3 Å².